The van der Waals surface area contributed by atoms with Crippen molar-refractivity contribution in [2.45, 2.75) is 20.4 Å². The summed E-state index contributed by atoms with van der Waals surface area (Å²) in [6.07, 6.45) is 3.74. The van der Waals surface area contributed by atoms with Crippen LogP contribution in [-0.4, -0.2) is 14.8 Å². The summed E-state index contributed by atoms with van der Waals surface area (Å²) in [6, 6.07) is 1.92. The molecule has 2 rings (SSSR count). The number of hydrogen-bond acceptors (Lipinski definition) is 3. The first-order valence-corrected chi connectivity index (χ1v) is 4.97. The van der Waals surface area contributed by atoms with Crippen molar-refractivity contribution in [3.63, 3.8) is 0 Å². The van der Waals surface area contributed by atoms with Gasteiger partial charge in [0.15, 0.2) is 0 Å². The Labute approximate surface area is 81.1 Å². The van der Waals surface area contributed by atoms with Gasteiger partial charge in [0.05, 0.1) is 12.2 Å². The zero-order valence-electron chi connectivity index (χ0n) is 7.69. The molecule has 0 atom stereocenters. The summed E-state index contributed by atoms with van der Waals surface area (Å²) in [5.41, 5.74) is 1.13. The molecule has 0 unspecified atom stereocenters. The Kier molecular flexibility index (Phi) is 2.14. The molecule has 2 heterocycles. The van der Waals surface area contributed by atoms with Crippen molar-refractivity contribution in [3.05, 3.63) is 34.0 Å². The SMILES string of the molecule is Cc1nc(Cn2cccn2)sc1C. The van der Waals surface area contributed by atoms with E-state index in [0.29, 0.717) is 0 Å². The maximum absolute atomic E-state index is 4.44. The number of rotatable bonds is 2. The standard InChI is InChI=1S/C9H11N3S/c1-7-8(2)13-9(11-7)6-12-5-3-4-10-12/h3-5H,6H2,1-2H3. The normalized spacial score (nSPS) is 10.6. The molecule has 2 aromatic heterocycles. The van der Waals surface area contributed by atoms with E-state index in [1.807, 2.05) is 23.9 Å². The van der Waals surface area contributed by atoms with E-state index in [1.54, 1.807) is 17.5 Å². The van der Waals surface area contributed by atoms with E-state index >= 15 is 0 Å². The molecule has 0 spiro atoms. The molecule has 0 aromatic carbocycles. The molecule has 2 aromatic rings. The van der Waals surface area contributed by atoms with Gasteiger partial charge < -0.3 is 0 Å². The Morgan fingerprint density at radius 2 is 2.31 bits per heavy atom. The molecular formula is C9H11N3S. The first-order valence-electron chi connectivity index (χ1n) is 4.16. The van der Waals surface area contributed by atoms with Crippen LogP contribution in [0.5, 0.6) is 0 Å². The van der Waals surface area contributed by atoms with Crippen molar-refractivity contribution in [2.75, 3.05) is 0 Å². The second-order valence-electron chi connectivity index (χ2n) is 2.95. The lowest BCUT2D eigenvalue weighted by Crippen LogP contribution is -1.98. The predicted octanol–water partition coefficient (Wildman–Crippen LogP) is 2.00. The quantitative estimate of drug-likeness (QED) is 0.730. The highest BCUT2D eigenvalue weighted by molar-refractivity contribution is 7.11. The van der Waals surface area contributed by atoms with Crippen LogP contribution in [0.1, 0.15) is 15.6 Å². The number of nitrogens with zero attached hydrogens (tertiary/aromatic N) is 3. The van der Waals surface area contributed by atoms with Gasteiger partial charge in [0.1, 0.15) is 5.01 Å². The largest absolute Gasteiger partial charge is 0.266 e. The third-order valence-corrected chi connectivity index (χ3v) is 2.99. The average molecular weight is 193 g/mol. The second kappa shape index (κ2) is 3.30. The van der Waals surface area contributed by atoms with Crippen LogP contribution in [0.4, 0.5) is 0 Å². The minimum absolute atomic E-state index is 0.784. The molecule has 0 amide bonds. The topological polar surface area (TPSA) is 30.7 Å². The summed E-state index contributed by atoms with van der Waals surface area (Å²) in [5, 5.41) is 5.26. The van der Waals surface area contributed by atoms with Crippen molar-refractivity contribution < 1.29 is 0 Å². The zero-order chi connectivity index (χ0) is 9.26. The fourth-order valence-corrected chi connectivity index (χ4v) is 2.07. The van der Waals surface area contributed by atoms with Crippen LogP contribution in [0.3, 0.4) is 0 Å². The summed E-state index contributed by atoms with van der Waals surface area (Å²) in [4.78, 5) is 5.74. The van der Waals surface area contributed by atoms with Gasteiger partial charge in [-0.15, -0.1) is 11.3 Å². The van der Waals surface area contributed by atoms with Crippen LogP contribution in [0.2, 0.25) is 0 Å². The fraction of sp³-hybridized carbons (Fsp3) is 0.333. The summed E-state index contributed by atoms with van der Waals surface area (Å²) in [7, 11) is 0. The van der Waals surface area contributed by atoms with Crippen molar-refractivity contribution in [1.82, 2.24) is 14.8 Å². The molecule has 0 fully saturated rings. The Balaban J connectivity index is 2.19. The zero-order valence-corrected chi connectivity index (χ0v) is 8.51. The highest BCUT2D eigenvalue weighted by atomic mass is 32.1. The Bertz CT molecular complexity index is 369. The molecule has 0 aliphatic rings. The van der Waals surface area contributed by atoms with E-state index in [2.05, 4.69) is 17.0 Å². The number of hydrogen-bond donors (Lipinski definition) is 0. The van der Waals surface area contributed by atoms with E-state index in [0.717, 1.165) is 17.2 Å². The van der Waals surface area contributed by atoms with Crippen LogP contribution in [0.25, 0.3) is 0 Å². The summed E-state index contributed by atoms with van der Waals surface area (Å²) in [6.45, 7) is 4.92. The highest BCUT2D eigenvalue weighted by Gasteiger charge is 2.03. The van der Waals surface area contributed by atoms with Gasteiger partial charge in [-0.05, 0) is 19.9 Å². The Hall–Kier alpha value is -1.16. The Morgan fingerprint density at radius 3 is 2.85 bits per heavy atom. The van der Waals surface area contributed by atoms with Crippen LogP contribution < -0.4 is 0 Å². The van der Waals surface area contributed by atoms with Gasteiger partial charge in [0, 0.05) is 17.3 Å². The average Bonchev–Trinajstić information content (AvgIpc) is 2.64. The van der Waals surface area contributed by atoms with E-state index in [4.69, 9.17) is 0 Å². The predicted molar refractivity (Wildman–Crippen MR) is 52.9 cm³/mol. The molecule has 0 N–H and O–H groups in total. The summed E-state index contributed by atoms with van der Waals surface area (Å²) < 4.78 is 1.89. The number of thiazole rings is 1. The summed E-state index contributed by atoms with van der Waals surface area (Å²) >= 11 is 1.74. The molecule has 0 bridgehead atoms. The van der Waals surface area contributed by atoms with Crippen molar-refractivity contribution >= 4 is 11.3 Å². The second-order valence-corrected chi connectivity index (χ2v) is 4.24. The lowest BCUT2D eigenvalue weighted by molar-refractivity contribution is 0.682. The summed E-state index contributed by atoms with van der Waals surface area (Å²) in [5.74, 6) is 0. The van der Waals surface area contributed by atoms with Gasteiger partial charge in [-0.2, -0.15) is 5.10 Å². The van der Waals surface area contributed by atoms with E-state index < -0.39 is 0 Å². The van der Waals surface area contributed by atoms with Crippen LogP contribution in [0, 0.1) is 13.8 Å². The first-order chi connectivity index (χ1) is 6.25. The van der Waals surface area contributed by atoms with E-state index in [9.17, 15) is 0 Å². The van der Waals surface area contributed by atoms with E-state index in [-0.39, 0.29) is 0 Å². The van der Waals surface area contributed by atoms with Gasteiger partial charge in [-0.1, -0.05) is 0 Å². The van der Waals surface area contributed by atoms with Gasteiger partial charge in [0.2, 0.25) is 0 Å². The smallest absolute Gasteiger partial charge is 0.115 e. The highest BCUT2D eigenvalue weighted by Crippen LogP contribution is 2.16. The fourth-order valence-electron chi connectivity index (χ4n) is 1.14. The van der Waals surface area contributed by atoms with E-state index in [1.165, 1.54) is 4.88 Å². The minimum atomic E-state index is 0.784. The number of aromatic nitrogens is 3. The van der Waals surface area contributed by atoms with Gasteiger partial charge in [-0.25, -0.2) is 4.98 Å². The molecule has 0 aliphatic heterocycles. The molecule has 3 nitrogen and oxygen atoms in total. The van der Waals surface area contributed by atoms with Crippen molar-refractivity contribution in [3.8, 4) is 0 Å². The van der Waals surface area contributed by atoms with Gasteiger partial charge >= 0.3 is 0 Å². The number of aryl methyl sites for hydroxylation is 2. The van der Waals surface area contributed by atoms with Gasteiger partial charge in [-0.3, -0.25) is 4.68 Å². The maximum Gasteiger partial charge on any atom is 0.115 e. The minimum Gasteiger partial charge on any atom is -0.266 e. The lowest BCUT2D eigenvalue weighted by Gasteiger charge is -1.94. The molecular weight excluding hydrogens is 182 g/mol. The lowest BCUT2D eigenvalue weighted by atomic mass is 10.4. The van der Waals surface area contributed by atoms with Crippen LogP contribution >= 0.6 is 11.3 Å². The molecule has 0 saturated carbocycles. The van der Waals surface area contributed by atoms with Crippen LogP contribution in [0.15, 0.2) is 18.5 Å². The molecule has 0 saturated heterocycles. The molecule has 4 heteroatoms. The molecule has 68 valence electrons. The van der Waals surface area contributed by atoms with Gasteiger partial charge in [0.25, 0.3) is 0 Å². The van der Waals surface area contributed by atoms with Crippen LogP contribution in [-0.2, 0) is 6.54 Å². The monoisotopic (exact) mass is 193 g/mol. The molecule has 0 radical (unpaired) electrons. The molecule has 0 aliphatic carbocycles. The first kappa shape index (κ1) is 8.44. The van der Waals surface area contributed by atoms with Crippen molar-refractivity contribution in [1.29, 1.82) is 0 Å². The third kappa shape index (κ3) is 1.78. The maximum atomic E-state index is 4.44. The Morgan fingerprint density at radius 1 is 1.46 bits per heavy atom. The third-order valence-electron chi connectivity index (χ3n) is 1.93. The molecule has 13 heavy (non-hydrogen) atoms. The van der Waals surface area contributed by atoms with Crippen molar-refractivity contribution in [2.24, 2.45) is 0 Å².